The first-order valence-electron chi connectivity index (χ1n) is 7.22. The minimum absolute atomic E-state index is 0.229. The lowest BCUT2D eigenvalue weighted by atomic mass is 9.95. The molecule has 112 valence electrons. The van der Waals surface area contributed by atoms with Crippen molar-refractivity contribution in [3.8, 4) is 6.07 Å². The Labute approximate surface area is 124 Å². The van der Waals surface area contributed by atoms with Gasteiger partial charge in [-0.2, -0.15) is 5.26 Å². The summed E-state index contributed by atoms with van der Waals surface area (Å²) >= 11 is 0. The normalized spacial score (nSPS) is 20.5. The number of halogens is 1. The lowest BCUT2D eigenvalue weighted by Crippen LogP contribution is -2.41. The summed E-state index contributed by atoms with van der Waals surface area (Å²) in [6.45, 7) is 3.24. The van der Waals surface area contributed by atoms with Crippen LogP contribution in [0.5, 0.6) is 0 Å². The van der Waals surface area contributed by atoms with Crippen LogP contribution < -0.4 is 0 Å². The molecule has 2 atom stereocenters. The van der Waals surface area contributed by atoms with E-state index in [2.05, 4.69) is 6.07 Å². The van der Waals surface area contributed by atoms with Crippen molar-refractivity contribution in [2.24, 2.45) is 5.92 Å². The van der Waals surface area contributed by atoms with Gasteiger partial charge < -0.3 is 4.74 Å². The molecule has 0 bridgehead atoms. The molecular formula is C16H19FN2O2. The number of ether oxygens (including phenoxy) is 1. The molecule has 5 heteroatoms. The zero-order valence-corrected chi connectivity index (χ0v) is 12.1. The third kappa shape index (κ3) is 3.59. The standard InChI is InChI=1S/C16H19FN2O2/c1-2-21-16(20)12-6-5-9-19(11-12)15(10-18)13-7-3-4-8-14(13)17/h3-4,7-8,12,15H,2,5-6,9,11H2,1H3. The third-order valence-electron chi connectivity index (χ3n) is 3.76. The maximum Gasteiger partial charge on any atom is 0.310 e. The molecule has 21 heavy (non-hydrogen) atoms. The molecule has 1 aromatic rings. The molecule has 0 spiro atoms. The average Bonchev–Trinajstić information content (AvgIpc) is 2.50. The molecule has 0 radical (unpaired) electrons. The number of benzene rings is 1. The highest BCUT2D eigenvalue weighted by Crippen LogP contribution is 2.28. The molecule has 2 rings (SSSR count). The molecule has 1 saturated heterocycles. The van der Waals surface area contributed by atoms with Crippen LogP contribution in [-0.2, 0) is 9.53 Å². The lowest BCUT2D eigenvalue weighted by molar-refractivity contribution is -0.150. The van der Waals surface area contributed by atoms with Gasteiger partial charge in [0, 0.05) is 12.1 Å². The number of carbonyl (C=O) groups excluding carboxylic acids is 1. The summed E-state index contributed by atoms with van der Waals surface area (Å²) in [5.74, 6) is -0.851. The minimum atomic E-state index is -0.663. The number of carbonyl (C=O) groups is 1. The van der Waals surface area contributed by atoms with Crippen LogP contribution in [0.3, 0.4) is 0 Å². The van der Waals surface area contributed by atoms with E-state index in [1.807, 2.05) is 4.90 Å². The van der Waals surface area contributed by atoms with Gasteiger partial charge in [0.05, 0.1) is 18.6 Å². The summed E-state index contributed by atoms with van der Waals surface area (Å²) in [5, 5.41) is 9.41. The summed E-state index contributed by atoms with van der Waals surface area (Å²) in [6.07, 6.45) is 1.56. The van der Waals surface area contributed by atoms with Crippen molar-refractivity contribution in [1.82, 2.24) is 4.90 Å². The van der Waals surface area contributed by atoms with Gasteiger partial charge in [-0.05, 0) is 32.4 Å². The van der Waals surface area contributed by atoms with Gasteiger partial charge in [-0.3, -0.25) is 9.69 Å². The van der Waals surface area contributed by atoms with Crippen LogP contribution in [0.1, 0.15) is 31.4 Å². The first-order valence-corrected chi connectivity index (χ1v) is 7.22. The number of piperidine rings is 1. The van der Waals surface area contributed by atoms with E-state index in [9.17, 15) is 14.4 Å². The van der Waals surface area contributed by atoms with Crippen molar-refractivity contribution in [2.45, 2.75) is 25.8 Å². The van der Waals surface area contributed by atoms with Crippen LogP contribution in [0.2, 0.25) is 0 Å². The average molecular weight is 290 g/mol. The first-order chi connectivity index (χ1) is 10.2. The number of rotatable bonds is 4. The number of likely N-dealkylation sites (tertiary alicyclic amines) is 1. The smallest absolute Gasteiger partial charge is 0.310 e. The Morgan fingerprint density at radius 2 is 2.33 bits per heavy atom. The summed E-state index contributed by atoms with van der Waals surface area (Å²) < 4.78 is 18.9. The largest absolute Gasteiger partial charge is 0.466 e. The molecule has 0 amide bonds. The van der Waals surface area contributed by atoms with E-state index in [1.165, 1.54) is 6.07 Å². The Balaban J connectivity index is 2.14. The maximum atomic E-state index is 13.9. The molecule has 2 unspecified atom stereocenters. The molecular weight excluding hydrogens is 271 g/mol. The van der Waals surface area contributed by atoms with Crippen LogP contribution in [0.4, 0.5) is 4.39 Å². The second-order valence-corrected chi connectivity index (χ2v) is 5.14. The molecule has 0 N–H and O–H groups in total. The number of nitrogens with zero attached hydrogens (tertiary/aromatic N) is 2. The maximum absolute atomic E-state index is 13.9. The number of hydrogen-bond acceptors (Lipinski definition) is 4. The Hall–Kier alpha value is -1.93. The zero-order chi connectivity index (χ0) is 15.2. The Bertz CT molecular complexity index is 541. The van der Waals surface area contributed by atoms with E-state index in [-0.39, 0.29) is 17.7 Å². The quantitative estimate of drug-likeness (QED) is 0.800. The van der Waals surface area contributed by atoms with Gasteiger partial charge in [0.15, 0.2) is 0 Å². The van der Waals surface area contributed by atoms with Gasteiger partial charge in [0.2, 0.25) is 0 Å². The van der Waals surface area contributed by atoms with Crippen molar-refractivity contribution in [2.75, 3.05) is 19.7 Å². The topological polar surface area (TPSA) is 53.3 Å². The number of esters is 1. The highest BCUT2D eigenvalue weighted by atomic mass is 19.1. The van der Waals surface area contributed by atoms with Gasteiger partial charge in [0.1, 0.15) is 11.9 Å². The van der Waals surface area contributed by atoms with Gasteiger partial charge >= 0.3 is 5.97 Å². The van der Waals surface area contributed by atoms with Crippen LogP contribution in [0.25, 0.3) is 0 Å². The zero-order valence-electron chi connectivity index (χ0n) is 12.1. The minimum Gasteiger partial charge on any atom is -0.466 e. The fourth-order valence-corrected chi connectivity index (χ4v) is 2.74. The third-order valence-corrected chi connectivity index (χ3v) is 3.76. The Morgan fingerprint density at radius 3 is 3.00 bits per heavy atom. The van der Waals surface area contributed by atoms with E-state index in [0.717, 1.165) is 12.8 Å². The fraction of sp³-hybridized carbons (Fsp3) is 0.500. The monoisotopic (exact) mass is 290 g/mol. The van der Waals surface area contributed by atoms with E-state index in [1.54, 1.807) is 25.1 Å². The predicted molar refractivity (Wildman–Crippen MR) is 75.7 cm³/mol. The molecule has 0 saturated carbocycles. The van der Waals surface area contributed by atoms with Gasteiger partial charge in [-0.1, -0.05) is 18.2 Å². The number of nitriles is 1. The molecule has 1 aromatic carbocycles. The summed E-state index contributed by atoms with van der Waals surface area (Å²) in [7, 11) is 0. The number of hydrogen-bond donors (Lipinski definition) is 0. The molecule has 1 aliphatic rings. The second-order valence-electron chi connectivity index (χ2n) is 5.14. The van der Waals surface area contributed by atoms with Crippen LogP contribution in [0, 0.1) is 23.1 Å². The van der Waals surface area contributed by atoms with Crippen molar-refractivity contribution in [1.29, 1.82) is 5.26 Å². The summed E-state index contributed by atoms with van der Waals surface area (Å²) in [4.78, 5) is 13.7. The summed E-state index contributed by atoms with van der Waals surface area (Å²) in [6, 6.07) is 7.79. The van der Waals surface area contributed by atoms with Crippen molar-refractivity contribution >= 4 is 5.97 Å². The Kier molecular flexibility index (Phi) is 5.29. The molecule has 0 aromatic heterocycles. The fourth-order valence-electron chi connectivity index (χ4n) is 2.74. The van der Waals surface area contributed by atoms with E-state index < -0.39 is 6.04 Å². The van der Waals surface area contributed by atoms with Crippen LogP contribution >= 0.6 is 0 Å². The highest BCUT2D eigenvalue weighted by molar-refractivity contribution is 5.72. The van der Waals surface area contributed by atoms with E-state index in [0.29, 0.717) is 25.3 Å². The van der Waals surface area contributed by atoms with E-state index >= 15 is 0 Å². The van der Waals surface area contributed by atoms with Crippen molar-refractivity contribution < 1.29 is 13.9 Å². The van der Waals surface area contributed by atoms with Gasteiger partial charge in [0.25, 0.3) is 0 Å². The van der Waals surface area contributed by atoms with E-state index in [4.69, 9.17) is 4.74 Å². The first kappa shape index (κ1) is 15.5. The molecule has 0 aliphatic carbocycles. The molecule has 1 aliphatic heterocycles. The second kappa shape index (κ2) is 7.19. The molecule has 4 nitrogen and oxygen atoms in total. The Morgan fingerprint density at radius 1 is 1.57 bits per heavy atom. The summed E-state index contributed by atoms with van der Waals surface area (Å²) in [5.41, 5.74) is 0.365. The van der Waals surface area contributed by atoms with Crippen LogP contribution in [0.15, 0.2) is 24.3 Å². The van der Waals surface area contributed by atoms with Crippen LogP contribution in [-0.4, -0.2) is 30.6 Å². The predicted octanol–water partition coefficient (Wildman–Crippen LogP) is 2.67. The lowest BCUT2D eigenvalue weighted by Gasteiger charge is -2.34. The van der Waals surface area contributed by atoms with Crippen molar-refractivity contribution in [3.05, 3.63) is 35.6 Å². The van der Waals surface area contributed by atoms with Crippen molar-refractivity contribution in [3.63, 3.8) is 0 Å². The molecule has 1 heterocycles. The van der Waals surface area contributed by atoms with Gasteiger partial charge in [-0.25, -0.2) is 4.39 Å². The molecule has 1 fully saturated rings. The SMILES string of the molecule is CCOC(=O)C1CCCN(C(C#N)c2ccccc2F)C1. The van der Waals surface area contributed by atoms with Gasteiger partial charge in [-0.15, -0.1) is 0 Å². The highest BCUT2D eigenvalue weighted by Gasteiger charge is 2.32.